The molecule has 0 aliphatic carbocycles. The third-order valence-electron chi connectivity index (χ3n) is 2.91. The van der Waals surface area contributed by atoms with Gasteiger partial charge >= 0.3 is 90.2 Å². The van der Waals surface area contributed by atoms with Crippen LogP contribution in [0.1, 0.15) is 13.3 Å². The van der Waals surface area contributed by atoms with E-state index in [1.165, 1.54) is 0 Å². The molecule has 1 aromatic carbocycles. The van der Waals surface area contributed by atoms with Gasteiger partial charge in [0.05, 0.1) is 0 Å². The van der Waals surface area contributed by atoms with Gasteiger partial charge in [0.15, 0.2) is 0 Å². The Hall–Kier alpha value is -1.38. The summed E-state index contributed by atoms with van der Waals surface area (Å²) in [7, 11) is 0. The molecule has 0 saturated carbocycles. The van der Waals surface area contributed by atoms with E-state index in [1.807, 2.05) is 36.1 Å². The fraction of sp³-hybridized carbons (Fsp3) is 0.333. The van der Waals surface area contributed by atoms with E-state index in [-0.39, 0.29) is 11.8 Å². The zero-order valence-electron chi connectivity index (χ0n) is 8.94. The van der Waals surface area contributed by atoms with E-state index < -0.39 is 0 Å². The van der Waals surface area contributed by atoms with Crippen LogP contribution >= 0.6 is 0 Å². The summed E-state index contributed by atoms with van der Waals surface area (Å²) in [5, 5.41) is 0. The van der Waals surface area contributed by atoms with Crippen molar-refractivity contribution in [3.63, 3.8) is 0 Å². The Morgan fingerprint density at radius 1 is 1.40 bits per heavy atom. The Balaban J connectivity index is 2.23. The number of rotatable bonds is 2. The molecule has 2 rings (SSSR count). The number of benzene rings is 1. The van der Waals surface area contributed by atoms with Crippen LogP contribution in [0.25, 0.3) is 0 Å². The summed E-state index contributed by atoms with van der Waals surface area (Å²) in [6, 6.07) is 7.93. The molecule has 76 valence electrons. The molecule has 1 aromatic rings. The topological polar surface area (TPSA) is 20.3 Å². The number of carbonyl (C=O) groups excluding carboxylic acids is 1. The van der Waals surface area contributed by atoms with Gasteiger partial charge in [-0.15, -0.1) is 0 Å². The maximum absolute atomic E-state index is 11.8. The quantitative estimate of drug-likeness (QED) is 0.645. The molecular formula is C12H14BNO. The van der Waals surface area contributed by atoms with Crippen molar-refractivity contribution in [1.82, 2.24) is 0 Å². The Morgan fingerprint density at radius 3 is 2.53 bits per heavy atom. The molecule has 1 fully saturated rings. The summed E-state index contributed by atoms with van der Waals surface area (Å²) in [6.07, 6.45) is 0.960. The van der Waals surface area contributed by atoms with E-state index in [4.69, 9.17) is 0 Å². The van der Waals surface area contributed by atoms with Crippen molar-refractivity contribution < 1.29 is 4.79 Å². The SMILES string of the molecule is C=Bc1ccc(N2CCC(C)C2=O)cc1. The molecule has 0 aromatic heterocycles. The van der Waals surface area contributed by atoms with Gasteiger partial charge in [-0.05, 0) is 0 Å². The van der Waals surface area contributed by atoms with E-state index in [9.17, 15) is 4.79 Å². The third-order valence-corrected chi connectivity index (χ3v) is 2.91. The predicted octanol–water partition coefficient (Wildman–Crippen LogP) is 0.821. The summed E-state index contributed by atoms with van der Waals surface area (Å²) < 4.78 is 0. The second-order valence-corrected chi connectivity index (χ2v) is 3.98. The van der Waals surface area contributed by atoms with Crippen molar-refractivity contribution in [2.75, 3.05) is 11.4 Å². The predicted molar refractivity (Wildman–Crippen MR) is 65.1 cm³/mol. The van der Waals surface area contributed by atoms with Crippen LogP contribution in [-0.4, -0.2) is 25.8 Å². The van der Waals surface area contributed by atoms with Crippen LogP contribution in [0.2, 0.25) is 0 Å². The number of carbonyl (C=O) groups is 1. The first kappa shape index (κ1) is 10.2. The minimum atomic E-state index is 0.170. The molecule has 3 heteroatoms. The van der Waals surface area contributed by atoms with E-state index >= 15 is 0 Å². The van der Waals surface area contributed by atoms with Crippen LogP contribution in [0.4, 0.5) is 5.69 Å². The first-order chi connectivity index (χ1) is 7.22. The normalized spacial score (nSPS) is 20.5. The molecular weight excluding hydrogens is 185 g/mol. The number of anilines is 1. The van der Waals surface area contributed by atoms with Gasteiger partial charge in [-0.3, -0.25) is 0 Å². The standard InChI is InChI=1S/C12H14BNO/c1-9-7-8-14(12(9)15)11-5-3-10(13-2)4-6-11/h3-6,9H,2,7-8H2,1H3. The average molecular weight is 199 g/mol. The second-order valence-electron chi connectivity index (χ2n) is 3.98. The van der Waals surface area contributed by atoms with Gasteiger partial charge in [-0.25, -0.2) is 0 Å². The summed E-state index contributed by atoms with van der Waals surface area (Å²) in [5.74, 6) is 0.408. The molecule has 0 radical (unpaired) electrons. The Labute approximate surface area is 90.8 Å². The minimum absolute atomic E-state index is 0.170. The first-order valence-corrected chi connectivity index (χ1v) is 5.26. The summed E-state index contributed by atoms with van der Waals surface area (Å²) in [4.78, 5) is 13.6. The fourth-order valence-electron chi connectivity index (χ4n) is 1.87. The molecule has 0 N–H and O–H groups in total. The number of nitrogens with zero attached hydrogens (tertiary/aromatic N) is 1. The molecule has 1 saturated heterocycles. The molecule has 15 heavy (non-hydrogen) atoms. The summed E-state index contributed by atoms with van der Waals surface area (Å²) in [6.45, 7) is 8.34. The molecule has 1 aliphatic heterocycles. The molecule has 1 unspecified atom stereocenters. The van der Waals surface area contributed by atoms with Crippen LogP contribution in [-0.2, 0) is 4.79 Å². The maximum atomic E-state index is 11.8. The van der Waals surface area contributed by atoms with E-state index in [1.54, 1.807) is 6.92 Å². The zero-order valence-corrected chi connectivity index (χ0v) is 8.94. The Morgan fingerprint density at radius 2 is 2.07 bits per heavy atom. The van der Waals surface area contributed by atoms with Crippen molar-refractivity contribution >= 4 is 30.4 Å². The molecule has 1 heterocycles. The molecule has 2 nitrogen and oxygen atoms in total. The average Bonchev–Trinajstić information content (AvgIpc) is 2.60. The van der Waals surface area contributed by atoms with E-state index in [0.29, 0.717) is 0 Å². The first-order valence-electron chi connectivity index (χ1n) is 5.26. The van der Waals surface area contributed by atoms with Crippen molar-refractivity contribution in [2.24, 2.45) is 5.92 Å². The van der Waals surface area contributed by atoms with Gasteiger partial charge in [0.2, 0.25) is 0 Å². The Bertz CT molecular complexity index is 385. The van der Waals surface area contributed by atoms with Crippen LogP contribution in [0.3, 0.4) is 0 Å². The molecule has 1 amide bonds. The summed E-state index contributed by atoms with van der Waals surface area (Å²) >= 11 is 0. The number of hydrogen-bond donors (Lipinski definition) is 0. The molecule has 0 spiro atoms. The van der Waals surface area contributed by atoms with Crippen molar-refractivity contribution in [3.05, 3.63) is 24.3 Å². The van der Waals surface area contributed by atoms with Crippen LogP contribution in [0, 0.1) is 5.92 Å². The zero-order chi connectivity index (χ0) is 10.8. The number of amides is 1. The van der Waals surface area contributed by atoms with Crippen molar-refractivity contribution in [2.45, 2.75) is 13.3 Å². The van der Waals surface area contributed by atoms with E-state index in [2.05, 4.69) is 6.47 Å². The fourth-order valence-corrected chi connectivity index (χ4v) is 1.87. The van der Waals surface area contributed by atoms with Gasteiger partial charge in [0, 0.05) is 0 Å². The van der Waals surface area contributed by atoms with Gasteiger partial charge in [-0.1, -0.05) is 0 Å². The Kier molecular flexibility index (Phi) is 2.71. The van der Waals surface area contributed by atoms with Crippen molar-refractivity contribution in [1.29, 1.82) is 0 Å². The third kappa shape index (κ3) is 1.87. The van der Waals surface area contributed by atoms with Crippen molar-refractivity contribution in [3.8, 4) is 0 Å². The van der Waals surface area contributed by atoms with Crippen LogP contribution in [0.15, 0.2) is 24.3 Å². The van der Waals surface area contributed by atoms with E-state index in [0.717, 1.165) is 24.1 Å². The van der Waals surface area contributed by atoms with Gasteiger partial charge in [0.1, 0.15) is 0 Å². The van der Waals surface area contributed by atoms with Crippen LogP contribution < -0.4 is 10.4 Å². The van der Waals surface area contributed by atoms with Gasteiger partial charge in [0.25, 0.3) is 0 Å². The summed E-state index contributed by atoms with van der Waals surface area (Å²) in [5.41, 5.74) is 2.08. The second kappa shape index (κ2) is 4.01. The molecule has 1 atom stereocenters. The van der Waals surface area contributed by atoms with Crippen LogP contribution in [0.5, 0.6) is 0 Å². The van der Waals surface area contributed by atoms with Gasteiger partial charge in [-0.2, -0.15) is 0 Å². The monoisotopic (exact) mass is 199 g/mol. The number of hydrogen-bond acceptors (Lipinski definition) is 1. The molecule has 1 aliphatic rings. The van der Waals surface area contributed by atoms with Gasteiger partial charge < -0.3 is 0 Å². The molecule has 0 bridgehead atoms.